The van der Waals surface area contributed by atoms with Crippen LogP contribution in [0, 0.1) is 0 Å². The van der Waals surface area contributed by atoms with Gasteiger partial charge in [-0.1, -0.05) is 18.2 Å². The molecule has 0 saturated carbocycles. The number of carbonyl (C=O) groups excluding carboxylic acids is 2. The number of anilines is 1. The number of imidazole rings is 1. The number of aliphatic carboxylic acids is 1. The molecule has 15 nitrogen and oxygen atoms in total. The number of carboxylic acids is 1. The quantitative estimate of drug-likeness (QED) is 0.101. The van der Waals surface area contributed by atoms with Gasteiger partial charge in [0.15, 0.2) is 17.0 Å². The Balaban J connectivity index is 1.68. The molecule has 0 aliphatic carbocycles. The molecule has 0 spiro atoms. The van der Waals surface area contributed by atoms with Crippen molar-refractivity contribution >= 4 is 42.4 Å². The van der Waals surface area contributed by atoms with Crippen LogP contribution in [0.15, 0.2) is 55.1 Å². The molecule has 0 saturated heterocycles. The number of carbonyl (C=O) groups is 3. The van der Waals surface area contributed by atoms with E-state index in [-0.39, 0.29) is 30.3 Å². The molecule has 0 radical (unpaired) electrons. The van der Waals surface area contributed by atoms with Gasteiger partial charge in [0.1, 0.15) is 24.5 Å². The largest absolute Gasteiger partial charge is 0.478 e. The van der Waals surface area contributed by atoms with Gasteiger partial charge in [-0.25, -0.2) is 29.6 Å². The average molecular weight is 591 g/mol. The Kier molecular flexibility index (Phi) is 10.9. The van der Waals surface area contributed by atoms with Crippen LogP contribution >= 0.6 is 7.52 Å². The van der Waals surface area contributed by atoms with Crippen molar-refractivity contribution < 1.29 is 42.9 Å². The van der Waals surface area contributed by atoms with Crippen LogP contribution in [0.2, 0.25) is 0 Å². The van der Waals surface area contributed by atoms with Crippen molar-refractivity contribution in [3.05, 3.63) is 55.1 Å². The second-order valence-corrected chi connectivity index (χ2v) is 11.1. The molecule has 0 unspecified atom stereocenters. The Bertz CT molecular complexity index is 1430. The van der Waals surface area contributed by atoms with Crippen LogP contribution < -0.4 is 15.1 Å². The molecule has 0 bridgehead atoms. The third-order valence-electron chi connectivity index (χ3n) is 5.09. The highest BCUT2D eigenvalue weighted by molar-refractivity contribution is 7.57. The highest BCUT2D eigenvalue weighted by atomic mass is 31.2. The molecule has 0 aliphatic rings. The van der Waals surface area contributed by atoms with Crippen LogP contribution in [0.5, 0.6) is 5.75 Å². The van der Waals surface area contributed by atoms with Crippen molar-refractivity contribution in [2.45, 2.75) is 52.5 Å². The maximum atomic E-state index is 13.8. The molecule has 0 amide bonds. The van der Waals surface area contributed by atoms with Crippen LogP contribution in [0.3, 0.4) is 0 Å². The summed E-state index contributed by atoms with van der Waals surface area (Å²) in [6.45, 7) is 6.92. The first-order chi connectivity index (χ1) is 19.5. The fourth-order valence-corrected chi connectivity index (χ4v) is 5.13. The summed E-state index contributed by atoms with van der Waals surface area (Å²) >= 11 is 0. The maximum Gasteiger partial charge on any atom is 0.356 e. The monoisotopic (exact) mass is 590 g/mol. The Labute approximate surface area is 235 Å². The summed E-state index contributed by atoms with van der Waals surface area (Å²) in [5, 5.41) is 11.3. The Morgan fingerprint density at radius 3 is 2.49 bits per heavy atom. The van der Waals surface area contributed by atoms with Gasteiger partial charge in [0.05, 0.1) is 25.1 Å². The van der Waals surface area contributed by atoms with E-state index < -0.39 is 37.6 Å². The lowest BCUT2D eigenvalue weighted by Gasteiger charge is -2.25. The van der Waals surface area contributed by atoms with Gasteiger partial charge >= 0.3 is 25.4 Å². The number of para-hydroxylation sites is 1. The summed E-state index contributed by atoms with van der Waals surface area (Å²) in [7, 11) is -3.75. The van der Waals surface area contributed by atoms with Crippen molar-refractivity contribution in [3.8, 4) is 5.75 Å². The minimum atomic E-state index is -3.75. The summed E-state index contributed by atoms with van der Waals surface area (Å²) < 4.78 is 32.3. The fraction of sp³-hybridized carbons (Fsp3) is 0.360. The van der Waals surface area contributed by atoms with Gasteiger partial charge in [-0.3, -0.25) is 9.36 Å². The number of ether oxygens (including phenoxy) is 2. The van der Waals surface area contributed by atoms with Gasteiger partial charge in [-0.15, -0.1) is 0 Å². The average Bonchev–Trinajstić information content (AvgIpc) is 3.33. The Hall–Kier alpha value is -4.33. The lowest BCUT2D eigenvalue weighted by Crippen LogP contribution is -2.37. The molecule has 2 heterocycles. The topological polar surface area (TPSA) is 193 Å². The first-order valence-corrected chi connectivity index (χ1v) is 14.2. The molecule has 0 fully saturated rings. The van der Waals surface area contributed by atoms with E-state index in [1.165, 1.54) is 19.6 Å². The minimum Gasteiger partial charge on any atom is -0.478 e. The SMILES string of the molecule is CC(C)OC(=O)[C@H](C)N[P@](=O)(CO[C@H](C)Cn1cnc2c(NOC(=O)/C=C/C(=O)O)ncnc21)Oc1ccccc1. The number of benzene rings is 1. The van der Waals surface area contributed by atoms with Gasteiger partial charge in [0, 0.05) is 12.2 Å². The second-order valence-electron chi connectivity index (χ2n) is 9.01. The lowest BCUT2D eigenvalue weighted by atomic mass is 10.3. The molecule has 220 valence electrons. The highest BCUT2D eigenvalue weighted by Gasteiger charge is 2.32. The first-order valence-electron chi connectivity index (χ1n) is 12.4. The third kappa shape index (κ3) is 9.67. The van der Waals surface area contributed by atoms with Crippen LogP contribution in [-0.2, 0) is 39.8 Å². The number of rotatable bonds is 15. The molecule has 3 aromatic rings. The van der Waals surface area contributed by atoms with E-state index in [9.17, 15) is 18.9 Å². The molecular formula is C25H31N6O9P. The third-order valence-corrected chi connectivity index (χ3v) is 6.86. The summed E-state index contributed by atoms with van der Waals surface area (Å²) in [5.74, 6) is -2.43. The lowest BCUT2D eigenvalue weighted by molar-refractivity contribution is -0.149. The normalized spacial score (nSPS) is 14.4. The van der Waals surface area contributed by atoms with Crippen LogP contribution in [0.4, 0.5) is 5.82 Å². The molecule has 0 aliphatic heterocycles. The van der Waals surface area contributed by atoms with Gasteiger partial charge in [0.2, 0.25) is 0 Å². The number of carboxylic acid groups (broad SMARTS) is 1. The van der Waals surface area contributed by atoms with Crippen molar-refractivity contribution in [3.63, 3.8) is 0 Å². The summed E-state index contributed by atoms with van der Waals surface area (Å²) in [6.07, 6.45) is 2.82. The zero-order valence-electron chi connectivity index (χ0n) is 22.8. The van der Waals surface area contributed by atoms with Gasteiger partial charge in [-0.05, 0) is 39.8 Å². The van der Waals surface area contributed by atoms with E-state index in [1.807, 2.05) is 0 Å². The number of esters is 1. The zero-order chi connectivity index (χ0) is 30.0. The predicted molar refractivity (Wildman–Crippen MR) is 146 cm³/mol. The fourth-order valence-electron chi connectivity index (χ4n) is 3.34. The summed E-state index contributed by atoms with van der Waals surface area (Å²) in [6, 6.07) is 7.58. The Morgan fingerprint density at radius 1 is 1.07 bits per heavy atom. The van der Waals surface area contributed by atoms with Crippen molar-refractivity contribution in [2.75, 3.05) is 11.8 Å². The molecule has 2 aromatic heterocycles. The smallest absolute Gasteiger partial charge is 0.356 e. The van der Waals surface area contributed by atoms with Gasteiger partial charge in [-0.2, -0.15) is 5.48 Å². The number of hydrogen-bond acceptors (Lipinski definition) is 12. The van der Waals surface area contributed by atoms with Crippen molar-refractivity contribution in [2.24, 2.45) is 0 Å². The van der Waals surface area contributed by atoms with E-state index >= 15 is 0 Å². The number of hydrogen-bond donors (Lipinski definition) is 3. The van der Waals surface area contributed by atoms with E-state index in [2.05, 4.69) is 25.5 Å². The van der Waals surface area contributed by atoms with E-state index in [4.69, 9.17) is 23.9 Å². The number of nitrogens with zero attached hydrogens (tertiary/aromatic N) is 4. The molecule has 3 atom stereocenters. The summed E-state index contributed by atoms with van der Waals surface area (Å²) in [5.41, 5.74) is 2.98. The minimum absolute atomic E-state index is 0.0756. The standard InChI is InChI=1S/C25H31N6O9P/c1-16(2)38-25(35)18(4)30-41(36,40-19-8-6-5-7-9-19)15-37-17(3)12-31-14-28-22-23(26-13-27-24(22)31)29-39-21(34)11-10-20(32)33/h5-11,13-14,16-18H,12,15H2,1-4H3,(H,30,36)(H,32,33)(H,26,27,29)/b11-10+/t17-,18+,41+/m1/s1. The summed E-state index contributed by atoms with van der Waals surface area (Å²) in [4.78, 5) is 51.7. The number of nitrogens with one attached hydrogen (secondary N) is 2. The van der Waals surface area contributed by atoms with Crippen molar-refractivity contribution in [1.82, 2.24) is 24.6 Å². The molecule has 3 rings (SSSR count). The zero-order valence-corrected chi connectivity index (χ0v) is 23.7. The van der Waals surface area contributed by atoms with Crippen molar-refractivity contribution in [1.29, 1.82) is 0 Å². The molecule has 3 N–H and O–H groups in total. The van der Waals surface area contributed by atoms with Gasteiger partial charge in [0.25, 0.3) is 0 Å². The Morgan fingerprint density at radius 2 is 1.80 bits per heavy atom. The second kappa shape index (κ2) is 14.3. The number of aromatic nitrogens is 4. The van der Waals surface area contributed by atoms with Crippen LogP contribution in [0.25, 0.3) is 11.2 Å². The predicted octanol–water partition coefficient (Wildman–Crippen LogP) is 2.90. The number of fused-ring (bicyclic) bond motifs is 1. The molecular weight excluding hydrogens is 559 g/mol. The van der Waals surface area contributed by atoms with E-state index in [0.29, 0.717) is 17.5 Å². The highest BCUT2D eigenvalue weighted by Crippen LogP contribution is 2.44. The van der Waals surface area contributed by atoms with Crippen LogP contribution in [0.1, 0.15) is 27.7 Å². The van der Waals surface area contributed by atoms with E-state index in [0.717, 1.165) is 6.08 Å². The molecule has 16 heteroatoms. The first kappa shape index (κ1) is 31.2. The van der Waals surface area contributed by atoms with E-state index in [1.54, 1.807) is 55.7 Å². The maximum absolute atomic E-state index is 13.8. The van der Waals surface area contributed by atoms with Crippen LogP contribution in [-0.4, -0.2) is 67.1 Å². The molecule has 41 heavy (non-hydrogen) atoms. The van der Waals surface area contributed by atoms with Gasteiger partial charge < -0.3 is 28.5 Å². The molecule has 1 aromatic carbocycles.